The molecule has 1 aliphatic rings. The van der Waals surface area contributed by atoms with Gasteiger partial charge in [0.1, 0.15) is 11.6 Å². The Labute approximate surface area is 213 Å². The van der Waals surface area contributed by atoms with Gasteiger partial charge >= 0.3 is 0 Å². The van der Waals surface area contributed by atoms with Gasteiger partial charge in [-0.2, -0.15) is 0 Å². The molecule has 1 saturated heterocycles. The third-order valence-corrected chi connectivity index (χ3v) is 6.29. The number of amides is 2. The first-order valence-electron chi connectivity index (χ1n) is 11.8. The maximum atomic E-state index is 13.7. The summed E-state index contributed by atoms with van der Waals surface area (Å²) in [5, 5.41) is 13.8. The van der Waals surface area contributed by atoms with Crippen molar-refractivity contribution in [2.24, 2.45) is 0 Å². The van der Waals surface area contributed by atoms with E-state index < -0.39 is 22.3 Å². The van der Waals surface area contributed by atoms with Gasteiger partial charge in [0.25, 0.3) is 11.6 Å². The summed E-state index contributed by atoms with van der Waals surface area (Å²) in [6.45, 7) is 0.919. The Bertz CT molecular complexity index is 1330. The molecule has 0 aromatic heterocycles. The minimum atomic E-state index is -0.810. The summed E-state index contributed by atoms with van der Waals surface area (Å²) in [4.78, 5) is 36.9. The van der Waals surface area contributed by atoms with Crippen LogP contribution in [0.1, 0.15) is 40.2 Å². The number of nitrogens with zero attached hydrogens (tertiary/aromatic N) is 2. The number of methoxy groups -OCH3 is 1. The number of nitrogens with one attached hydrogen (secondary N) is 1. The van der Waals surface area contributed by atoms with Gasteiger partial charge in [0, 0.05) is 36.5 Å². The standard InChI is InChI=1S/C28H26FN3O5/c1-37-26-4-2-3-19(15-26)5-10-27(33)30-24-8-6-20(7-9-24)21-11-13-31(14-12-21)28(34)22-16-23(29)18-25(17-22)32(35)36/h2-10,15-18,21H,11-14H2,1H3,(H,30,33)/b10-5+. The van der Waals surface area contributed by atoms with Gasteiger partial charge in [0.05, 0.1) is 18.1 Å². The fourth-order valence-corrected chi connectivity index (χ4v) is 4.34. The third-order valence-electron chi connectivity index (χ3n) is 6.29. The van der Waals surface area contributed by atoms with Crippen molar-refractivity contribution in [1.29, 1.82) is 0 Å². The van der Waals surface area contributed by atoms with Crippen molar-refractivity contribution in [1.82, 2.24) is 4.90 Å². The minimum absolute atomic E-state index is 0.0225. The summed E-state index contributed by atoms with van der Waals surface area (Å²) >= 11 is 0. The molecule has 0 radical (unpaired) electrons. The molecule has 3 aromatic rings. The van der Waals surface area contributed by atoms with Gasteiger partial charge < -0.3 is 15.0 Å². The van der Waals surface area contributed by atoms with Crippen molar-refractivity contribution in [2.45, 2.75) is 18.8 Å². The van der Waals surface area contributed by atoms with Crippen LogP contribution in [-0.2, 0) is 4.79 Å². The van der Waals surface area contributed by atoms with E-state index in [9.17, 15) is 24.1 Å². The molecule has 0 saturated carbocycles. The topological polar surface area (TPSA) is 102 Å². The molecule has 1 fully saturated rings. The Balaban J connectivity index is 1.31. The highest BCUT2D eigenvalue weighted by atomic mass is 19.1. The van der Waals surface area contributed by atoms with Crippen molar-refractivity contribution >= 4 is 29.3 Å². The molecule has 4 rings (SSSR count). The van der Waals surface area contributed by atoms with Crippen LogP contribution in [0.25, 0.3) is 6.08 Å². The minimum Gasteiger partial charge on any atom is -0.497 e. The zero-order valence-electron chi connectivity index (χ0n) is 20.2. The first-order valence-corrected chi connectivity index (χ1v) is 11.8. The second kappa shape index (κ2) is 11.5. The van der Waals surface area contributed by atoms with Crippen LogP contribution in [0.15, 0.2) is 72.8 Å². The molecule has 0 bridgehead atoms. The molecule has 37 heavy (non-hydrogen) atoms. The van der Waals surface area contributed by atoms with Crippen LogP contribution >= 0.6 is 0 Å². The highest BCUT2D eigenvalue weighted by Gasteiger charge is 2.26. The third kappa shape index (κ3) is 6.58. The molecule has 0 spiro atoms. The Morgan fingerprint density at radius 2 is 1.81 bits per heavy atom. The predicted molar refractivity (Wildman–Crippen MR) is 138 cm³/mol. The molecule has 3 aromatic carbocycles. The second-order valence-corrected chi connectivity index (χ2v) is 8.74. The quantitative estimate of drug-likeness (QED) is 0.264. The lowest BCUT2D eigenvalue weighted by Crippen LogP contribution is -2.38. The number of anilines is 1. The Hall–Kier alpha value is -4.53. The fourth-order valence-electron chi connectivity index (χ4n) is 4.34. The lowest BCUT2D eigenvalue weighted by Gasteiger charge is -2.32. The molecule has 0 unspecified atom stereocenters. The fraction of sp³-hybridized carbons (Fsp3) is 0.214. The highest BCUT2D eigenvalue weighted by molar-refractivity contribution is 6.02. The number of hydrogen-bond donors (Lipinski definition) is 1. The van der Waals surface area contributed by atoms with E-state index in [1.807, 2.05) is 48.5 Å². The van der Waals surface area contributed by atoms with E-state index in [0.717, 1.165) is 29.3 Å². The Morgan fingerprint density at radius 1 is 1.08 bits per heavy atom. The van der Waals surface area contributed by atoms with Crippen LogP contribution in [0.3, 0.4) is 0 Å². The van der Waals surface area contributed by atoms with Crippen LogP contribution in [0.2, 0.25) is 0 Å². The van der Waals surface area contributed by atoms with Crippen LogP contribution in [0.4, 0.5) is 15.8 Å². The van der Waals surface area contributed by atoms with Gasteiger partial charge in [0.15, 0.2) is 0 Å². The number of likely N-dealkylation sites (tertiary alicyclic amines) is 1. The van der Waals surface area contributed by atoms with E-state index in [4.69, 9.17) is 4.74 Å². The van der Waals surface area contributed by atoms with Gasteiger partial charge in [-0.05, 0) is 66.3 Å². The van der Waals surface area contributed by atoms with Crippen LogP contribution in [0, 0.1) is 15.9 Å². The van der Waals surface area contributed by atoms with E-state index in [1.165, 1.54) is 6.08 Å². The maximum Gasteiger partial charge on any atom is 0.273 e. The summed E-state index contributed by atoms with van der Waals surface area (Å²) < 4.78 is 18.9. The van der Waals surface area contributed by atoms with Crippen molar-refractivity contribution in [3.05, 3.63) is 105 Å². The van der Waals surface area contributed by atoms with Crippen molar-refractivity contribution in [2.75, 3.05) is 25.5 Å². The number of nitro benzene ring substituents is 1. The van der Waals surface area contributed by atoms with E-state index in [2.05, 4.69) is 5.32 Å². The molecular formula is C28H26FN3O5. The highest BCUT2D eigenvalue weighted by Crippen LogP contribution is 2.30. The van der Waals surface area contributed by atoms with E-state index in [-0.39, 0.29) is 17.4 Å². The number of piperidine rings is 1. The number of non-ortho nitro benzene ring substituents is 1. The number of nitro groups is 1. The maximum absolute atomic E-state index is 13.7. The summed E-state index contributed by atoms with van der Waals surface area (Å²) in [6.07, 6.45) is 4.59. The Kier molecular flexibility index (Phi) is 7.92. The Morgan fingerprint density at radius 3 is 2.49 bits per heavy atom. The number of ether oxygens (including phenoxy) is 1. The molecule has 8 nitrogen and oxygen atoms in total. The number of carbonyl (C=O) groups excluding carboxylic acids is 2. The van der Waals surface area contributed by atoms with Crippen molar-refractivity contribution < 1.29 is 23.6 Å². The molecule has 1 aliphatic heterocycles. The normalized spacial score (nSPS) is 13.9. The lowest BCUT2D eigenvalue weighted by molar-refractivity contribution is -0.385. The van der Waals surface area contributed by atoms with Gasteiger partial charge in [-0.3, -0.25) is 19.7 Å². The van der Waals surface area contributed by atoms with Crippen LogP contribution in [-0.4, -0.2) is 41.8 Å². The van der Waals surface area contributed by atoms with Gasteiger partial charge in [0.2, 0.25) is 5.91 Å². The molecule has 0 atom stereocenters. The second-order valence-electron chi connectivity index (χ2n) is 8.74. The average Bonchev–Trinajstić information content (AvgIpc) is 2.92. The van der Waals surface area contributed by atoms with Crippen LogP contribution in [0.5, 0.6) is 5.75 Å². The number of hydrogen-bond acceptors (Lipinski definition) is 5. The van der Waals surface area contributed by atoms with Crippen molar-refractivity contribution in [3.8, 4) is 5.75 Å². The van der Waals surface area contributed by atoms with Gasteiger partial charge in [-0.25, -0.2) is 4.39 Å². The molecule has 190 valence electrons. The number of benzene rings is 3. The van der Waals surface area contributed by atoms with Gasteiger partial charge in [-0.15, -0.1) is 0 Å². The molecule has 0 aliphatic carbocycles. The van der Waals surface area contributed by atoms with E-state index in [0.29, 0.717) is 37.4 Å². The first kappa shape index (κ1) is 25.6. The van der Waals surface area contributed by atoms with Crippen LogP contribution < -0.4 is 10.1 Å². The molecule has 9 heteroatoms. The van der Waals surface area contributed by atoms with E-state index >= 15 is 0 Å². The zero-order valence-corrected chi connectivity index (χ0v) is 20.2. The average molecular weight is 504 g/mol. The summed E-state index contributed by atoms with van der Waals surface area (Å²) in [5.41, 5.74) is 2.15. The van der Waals surface area contributed by atoms with E-state index in [1.54, 1.807) is 18.1 Å². The summed E-state index contributed by atoms with van der Waals surface area (Å²) in [7, 11) is 1.59. The summed E-state index contributed by atoms with van der Waals surface area (Å²) in [6, 6.07) is 17.9. The smallest absolute Gasteiger partial charge is 0.273 e. The monoisotopic (exact) mass is 503 g/mol. The molecular weight excluding hydrogens is 477 g/mol. The largest absolute Gasteiger partial charge is 0.497 e. The molecule has 2 amide bonds. The first-order chi connectivity index (χ1) is 17.8. The SMILES string of the molecule is COc1cccc(/C=C/C(=O)Nc2ccc(C3CCN(C(=O)c4cc(F)cc([N+](=O)[O-])c4)CC3)cc2)c1. The zero-order chi connectivity index (χ0) is 26.4. The summed E-state index contributed by atoms with van der Waals surface area (Å²) in [5.74, 6) is -0.536. The predicted octanol–water partition coefficient (Wildman–Crippen LogP) is 5.41. The molecule has 1 heterocycles. The lowest BCUT2D eigenvalue weighted by atomic mass is 9.89. The number of rotatable bonds is 7. The number of halogens is 1. The number of carbonyl (C=O) groups is 2. The molecule has 1 N–H and O–H groups in total. The van der Waals surface area contributed by atoms with Crippen molar-refractivity contribution in [3.63, 3.8) is 0 Å². The van der Waals surface area contributed by atoms with Gasteiger partial charge in [-0.1, -0.05) is 24.3 Å².